The molecule has 4 heteroatoms. The zero-order chi connectivity index (χ0) is 13.4. The molecule has 0 aromatic heterocycles. The van der Waals surface area contributed by atoms with E-state index in [1.165, 1.54) is 0 Å². The van der Waals surface area contributed by atoms with Crippen LogP contribution in [0.2, 0.25) is 10.0 Å². The first-order valence-electron chi connectivity index (χ1n) is 5.07. The van der Waals surface area contributed by atoms with Gasteiger partial charge in [-0.15, -0.1) is 0 Å². The highest BCUT2D eigenvalue weighted by atomic mass is 35.5. The Kier molecular flexibility index (Phi) is 6.12. The summed E-state index contributed by atoms with van der Waals surface area (Å²) in [5.74, 6) is 0. The molecule has 0 saturated carbocycles. The van der Waals surface area contributed by atoms with Crippen molar-refractivity contribution in [2.24, 2.45) is 0 Å². The first-order chi connectivity index (χ1) is 8.65. The van der Waals surface area contributed by atoms with E-state index in [0.717, 1.165) is 12.6 Å². The van der Waals surface area contributed by atoms with Crippen molar-refractivity contribution >= 4 is 35.8 Å². The third-order valence-corrected chi connectivity index (χ3v) is 2.52. The quantitative estimate of drug-likeness (QED) is 0.769. The second-order valence-electron chi connectivity index (χ2n) is 3.34. The molecule has 0 aliphatic heterocycles. The van der Waals surface area contributed by atoms with Crippen LogP contribution in [-0.4, -0.2) is 12.6 Å². The van der Waals surface area contributed by atoms with E-state index in [9.17, 15) is 9.59 Å². The van der Waals surface area contributed by atoms with Gasteiger partial charge in [0.25, 0.3) is 0 Å². The Balaban J connectivity index is 0.000000180. The van der Waals surface area contributed by atoms with E-state index < -0.39 is 0 Å². The number of carbonyl (C=O) groups excluding carboxylic acids is 2. The second kappa shape index (κ2) is 7.64. The number of rotatable bonds is 2. The molecule has 0 radical (unpaired) electrons. The Labute approximate surface area is 115 Å². The number of hydrogen-bond acceptors (Lipinski definition) is 2. The van der Waals surface area contributed by atoms with E-state index in [2.05, 4.69) is 0 Å². The molecule has 0 unspecified atom stereocenters. The molecule has 0 saturated heterocycles. The van der Waals surface area contributed by atoms with Crippen molar-refractivity contribution < 1.29 is 9.59 Å². The Morgan fingerprint density at radius 3 is 1.11 bits per heavy atom. The standard InChI is InChI=1S/2C7H5ClO/c2*8-7-3-1-6(5-9)2-4-7/h2*1-5H. The zero-order valence-electron chi connectivity index (χ0n) is 9.35. The predicted molar refractivity (Wildman–Crippen MR) is 73.7 cm³/mol. The molecular formula is C14H10Cl2O2. The fourth-order valence-electron chi connectivity index (χ4n) is 1.08. The van der Waals surface area contributed by atoms with Gasteiger partial charge in [0.1, 0.15) is 12.6 Å². The largest absolute Gasteiger partial charge is 0.298 e. The Bertz CT molecular complexity index is 455. The Morgan fingerprint density at radius 1 is 0.611 bits per heavy atom. The average Bonchev–Trinajstić information content (AvgIpc) is 2.41. The minimum atomic E-state index is 0.652. The van der Waals surface area contributed by atoms with Gasteiger partial charge in [0.2, 0.25) is 0 Å². The zero-order valence-corrected chi connectivity index (χ0v) is 10.9. The molecule has 2 aromatic rings. The summed E-state index contributed by atoms with van der Waals surface area (Å²) in [6.45, 7) is 0. The lowest BCUT2D eigenvalue weighted by Gasteiger charge is -1.87. The number of halogens is 2. The topological polar surface area (TPSA) is 34.1 Å². The summed E-state index contributed by atoms with van der Waals surface area (Å²) in [5.41, 5.74) is 1.30. The maximum Gasteiger partial charge on any atom is 0.150 e. The lowest BCUT2D eigenvalue weighted by molar-refractivity contribution is 0.111. The Morgan fingerprint density at radius 2 is 0.889 bits per heavy atom. The molecule has 0 atom stereocenters. The van der Waals surface area contributed by atoms with Crippen LogP contribution in [0.1, 0.15) is 20.7 Å². The van der Waals surface area contributed by atoms with Crippen LogP contribution in [0.4, 0.5) is 0 Å². The molecule has 0 aliphatic carbocycles. The smallest absolute Gasteiger partial charge is 0.150 e. The first kappa shape index (κ1) is 14.4. The van der Waals surface area contributed by atoms with Gasteiger partial charge in [0.15, 0.2) is 0 Å². The third-order valence-electron chi connectivity index (χ3n) is 2.01. The minimum absolute atomic E-state index is 0.652. The van der Waals surface area contributed by atoms with Crippen LogP contribution < -0.4 is 0 Å². The van der Waals surface area contributed by atoms with Gasteiger partial charge in [-0.25, -0.2) is 0 Å². The second-order valence-corrected chi connectivity index (χ2v) is 4.21. The molecule has 92 valence electrons. The molecule has 2 nitrogen and oxygen atoms in total. The Hall–Kier alpha value is -1.64. The normalized spacial score (nSPS) is 9.00. The van der Waals surface area contributed by atoms with Crippen LogP contribution in [0.25, 0.3) is 0 Å². The fraction of sp³-hybridized carbons (Fsp3) is 0. The van der Waals surface area contributed by atoms with E-state index in [1.54, 1.807) is 48.5 Å². The number of aldehydes is 2. The molecule has 0 amide bonds. The summed E-state index contributed by atoms with van der Waals surface area (Å²) >= 11 is 11.1. The molecule has 0 N–H and O–H groups in total. The van der Waals surface area contributed by atoms with Crippen molar-refractivity contribution in [3.05, 3.63) is 69.7 Å². The maximum absolute atomic E-state index is 10.1. The van der Waals surface area contributed by atoms with E-state index in [4.69, 9.17) is 23.2 Å². The average molecular weight is 281 g/mol. The van der Waals surface area contributed by atoms with Crippen molar-refractivity contribution in [1.29, 1.82) is 0 Å². The molecule has 0 fully saturated rings. The highest BCUT2D eigenvalue weighted by Gasteiger charge is 1.87. The summed E-state index contributed by atoms with van der Waals surface area (Å²) in [6.07, 6.45) is 1.58. The molecule has 0 spiro atoms. The SMILES string of the molecule is O=Cc1ccc(Cl)cc1.O=Cc1ccc(Cl)cc1. The highest BCUT2D eigenvalue weighted by molar-refractivity contribution is 6.30. The molecule has 2 rings (SSSR count). The molecule has 0 bridgehead atoms. The summed E-state index contributed by atoms with van der Waals surface area (Å²) in [4.78, 5) is 20.1. The number of hydrogen-bond donors (Lipinski definition) is 0. The first-order valence-corrected chi connectivity index (χ1v) is 5.83. The summed E-state index contributed by atoms with van der Waals surface area (Å²) in [6, 6.07) is 13.4. The van der Waals surface area contributed by atoms with Crippen LogP contribution in [0.15, 0.2) is 48.5 Å². The minimum Gasteiger partial charge on any atom is -0.298 e. The van der Waals surface area contributed by atoms with Gasteiger partial charge in [-0.05, 0) is 24.3 Å². The van der Waals surface area contributed by atoms with Crippen LogP contribution in [0.3, 0.4) is 0 Å². The van der Waals surface area contributed by atoms with Crippen molar-refractivity contribution in [2.75, 3.05) is 0 Å². The van der Waals surface area contributed by atoms with Gasteiger partial charge in [-0.2, -0.15) is 0 Å². The number of benzene rings is 2. The highest BCUT2D eigenvalue weighted by Crippen LogP contribution is 2.07. The molecule has 0 heterocycles. The molecule has 2 aromatic carbocycles. The van der Waals surface area contributed by atoms with E-state index in [0.29, 0.717) is 21.2 Å². The lowest BCUT2D eigenvalue weighted by Crippen LogP contribution is -1.74. The fourth-order valence-corrected chi connectivity index (χ4v) is 1.33. The van der Waals surface area contributed by atoms with Crippen LogP contribution in [0, 0.1) is 0 Å². The predicted octanol–water partition coefficient (Wildman–Crippen LogP) is 4.31. The monoisotopic (exact) mass is 280 g/mol. The van der Waals surface area contributed by atoms with E-state index >= 15 is 0 Å². The molecular weight excluding hydrogens is 271 g/mol. The van der Waals surface area contributed by atoms with Crippen molar-refractivity contribution in [3.63, 3.8) is 0 Å². The van der Waals surface area contributed by atoms with Crippen LogP contribution in [-0.2, 0) is 0 Å². The van der Waals surface area contributed by atoms with Gasteiger partial charge in [-0.1, -0.05) is 47.5 Å². The third kappa shape index (κ3) is 5.13. The number of carbonyl (C=O) groups is 2. The van der Waals surface area contributed by atoms with Crippen molar-refractivity contribution in [3.8, 4) is 0 Å². The van der Waals surface area contributed by atoms with Crippen LogP contribution >= 0.6 is 23.2 Å². The van der Waals surface area contributed by atoms with Gasteiger partial charge in [-0.3, -0.25) is 9.59 Å². The molecule has 0 aliphatic rings. The van der Waals surface area contributed by atoms with Gasteiger partial charge in [0, 0.05) is 21.2 Å². The summed E-state index contributed by atoms with van der Waals surface area (Å²) < 4.78 is 0. The van der Waals surface area contributed by atoms with Crippen molar-refractivity contribution in [2.45, 2.75) is 0 Å². The maximum atomic E-state index is 10.1. The van der Waals surface area contributed by atoms with E-state index in [1.807, 2.05) is 0 Å². The van der Waals surface area contributed by atoms with Gasteiger partial charge >= 0.3 is 0 Å². The van der Waals surface area contributed by atoms with Gasteiger partial charge < -0.3 is 0 Å². The van der Waals surface area contributed by atoms with Gasteiger partial charge in [0.05, 0.1) is 0 Å². The molecule has 18 heavy (non-hydrogen) atoms. The lowest BCUT2D eigenvalue weighted by atomic mass is 10.2. The van der Waals surface area contributed by atoms with Crippen molar-refractivity contribution in [1.82, 2.24) is 0 Å². The van der Waals surface area contributed by atoms with Crippen LogP contribution in [0.5, 0.6) is 0 Å². The summed E-state index contributed by atoms with van der Waals surface area (Å²) in [7, 11) is 0. The summed E-state index contributed by atoms with van der Waals surface area (Å²) in [5, 5.41) is 1.31. The van der Waals surface area contributed by atoms with E-state index in [-0.39, 0.29) is 0 Å².